The highest BCUT2D eigenvalue weighted by Crippen LogP contribution is 2.41. The molecule has 0 aromatic heterocycles. The van der Waals surface area contributed by atoms with Crippen molar-refractivity contribution < 1.29 is 14.7 Å². The van der Waals surface area contributed by atoms with Crippen LogP contribution < -0.4 is 5.73 Å². The fraction of sp³-hybridized carbons (Fsp3) is 0.688. The van der Waals surface area contributed by atoms with Gasteiger partial charge in [-0.15, -0.1) is 24.4 Å². The largest absolute Gasteiger partial charge is 0.369 e. The van der Waals surface area contributed by atoms with E-state index in [9.17, 15) is 4.79 Å². The van der Waals surface area contributed by atoms with Gasteiger partial charge < -0.3 is 5.73 Å². The molecule has 118 valence electrons. The van der Waals surface area contributed by atoms with E-state index in [0.29, 0.717) is 25.2 Å². The molecule has 2 rings (SSSR count). The number of hydrogen-bond acceptors (Lipinski definition) is 4. The Balaban J connectivity index is 0.00000106. The molecule has 5 heteroatoms. The third-order valence-electron chi connectivity index (χ3n) is 4.45. The number of hydrogen-bond donors (Lipinski definition) is 1. The molecule has 0 aliphatic carbocycles. The van der Waals surface area contributed by atoms with Crippen molar-refractivity contribution in [2.24, 2.45) is 17.6 Å². The number of carbonyl (C=O) groups excluding carboxylic acids is 1. The minimum Gasteiger partial charge on any atom is -0.369 e. The SMILES string of the molecule is C#C.C=CCC1(CC)OON2CC(C)CC2CC1C(N)=O. The van der Waals surface area contributed by atoms with E-state index in [1.165, 1.54) is 0 Å². The predicted molar refractivity (Wildman–Crippen MR) is 81.5 cm³/mol. The Hall–Kier alpha value is -1.35. The van der Waals surface area contributed by atoms with Crippen LogP contribution >= 0.6 is 0 Å². The Morgan fingerprint density at radius 2 is 2.19 bits per heavy atom. The van der Waals surface area contributed by atoms with E-state index in [1.807, 2.05) is 12.0 Å². The van der Waals surface area contributed by atoms with Crippen LogP contribution in [0.3, 0.4) is 0 Å². The van der Waals surface area contributed by atoms with Crippen LogP contribution in [0.2, 0.25) is 0 Å². The molecule has 21 heavy (non-hydrogen) atoms. The van der Waals surface area contributed by atoms with Gasteiger partial charge in [0, 0.05) is 12.6 Å². The maximum atomic E-state index is 11.9. The van der Waals surface area contributed by atoms with Gasteiger partial charge in [-0.05, 0) is 31.6 Å². The van der Waals surface area contributed by atoms with Crippen LogP contribution in [0.15, 0.2) is 12.7 Å². The topological polar surface area (TPSA) is 64.8 Å². The van der Waals surface area contributed by atoms with Crippen LogP contribution in [-0.2, 0) is 14.7 Å². The summed E-state index contributed by atoms with van der Waals surface area (Å²) in [6.45, 7) is 8.76. The van der Waals surface area contributed by atoms with Crippen LogP contribution in [0.5, 0.6) is 0 Å². The lowest BCUT2D eigenvalue weighted by molar-refractivity contribution is -0.466. The number of fused-ring (bicyclic) bond motifs is 1. The van der Waals surface area contributed by atoms with Crippen LogP contribution in [0.25, 0.3) is 0 Å². The van der Waals surface area contributed by atoms with Crippen LogP contribution in [0, 0.1) is 24.7 Å². The lowest BCUT2D eigenvalue weighted by Gasteiger charge is -2.34. The van der Waals surface area contributed by atoms with Crippen molar-refractivity contribution in [3.05, 3.63) is 12.7 Å². The summed E-state index contributed by atoms with van der Waals surface area (Å²) in [5, 5.41) is 1.86. The zero-order valence-electron chi connectivity index (χ0n) is 13.0. The average molecular weight is 294 g/mol. The molecule has 2 N–H and O–H groups in total. The molecule has 2 saturated heterocycles. The molecule has 2 heterocycles. The molecule has 2 aliphatic heterocycles. The molecule has 0 saturated carbocycles. The van der Waals surface area contributed by atoms with Crippen molar-refractivity contribution in [3.63, 3.8) is 0 Å². The number of hydroxylamine groups is 2. The summed E-state index contributed by atoms with van der Waals surface area (Å²) in [5.41, 5.74) is 4.93. The van der Waals surface area contributed by atoms with Gasteiger partial charge in [-0.1, -0.05) is 19.9 Å². The predicted octanol–water partition coefficient (Wildman–Crippen LogP) is 2.04. The monoisotopic (exact) mass is 294 g/mol. The van der Waals surface area contributed by atoms with Crippen molar-refractivity contribution in [2.75, 3.05) is 6.54 Å². The Morgan fingerprint density at radius 3 is 2.71 bits per heavy atom. The molecule has 2 aliphatic rings. The average Bonchev–Trinajstić information content (AvgIpc) is 2.76. The zero-order chi connectivity index (χ0) is 16.0. The minimum atomic E-state index is -0.679. The van der Waals surface area contributed by atoms with Crippen molar-refractivity contribution in [1.82, 2.24) is 5.06 Å². The summed E-state index contributed by atoms with van der Waals surface area (Å²) in [4.78, 5) is 23.0. The van der Waals surface area contributed by atoms with E-state index in [4.69, 9.17) is 15.6 Å². The number of carbonyl (C=O) groups is 1. The Bertz CT molecular complexity index is 396. The Morgan fingerprint density at radius 1 is 1.52 bits per heavy atom. The summed E-state index contributed by atoms with van der Waals surface area (Å²) < 4.78 is 0. The second kappa shape index (κ2) is 7.60. The van der Waals surface area contributed by atoms with Gasteiger partial charge in [-0.25, -0.2) is 4.89 Å². The molecule has 2 fully saturated rings. The van der Waals surface area contributed by atoms with Gasteiger partial charge in [0.15, 0.2) is 0 Å². The van der Waals surface area contributed by atoms with E-state index in [-0.39, 0.29) is 17.9 Å². The molecule has 4 atom stereocenters. The quantitative estimate of drug-likeness (QED) is 0.489. The Kier molecular flexibility index (Phi) is 6.41. The minimum absolute atomic E-state index is 0.214. The third-order valence-corrected chi connectivity index (χ3v) is 4.45. The molecular formula is C16H26N2O3. The fourth-order valence-corrected chi connectivity index (χ4v) is 3.33. The van der Waals surface area contributed by atoms with E-state index < -0.39 is 5.60 Å². The molecule has 0 aromatic rings. The van der Waals surface area contributed by atoms with Crippen molar-refractivity contribution in [3.8, 4) is 12.8 Å². The molecule has 5 nitrogen and oxygen atoms in total. The summed E-state index contributed by atoms with van der Waals surface area (Å²) in [6, 6.07) is 0.214. The highest BCUT2D eigenvalue weighted by molar-refractivity contribution is 5.78. The van der Waals surface area contributed by atoms with E-state index in [2.05, 4.69) is 26.3 Å². The van der Waals surface area contributed by atoms with Gasteiger partial charge in [0.1, 0.15) is 5.60 Å². The molecule has 4 unspecified atom stereocenters. The molecule has 0 aromatic carbocycles. The second-order valence-corrected chi connectivity index (χ2v) is 5.85. The smallest absolute Gasteiger partial charge is 0.223 e. The first kappa shape index (κ1) is 17.7. The first-order chi connectivity index (χ1) is 10.0. The lowest BCUT2D eigenvalue weighted by atomic mass is 9.77. The summed E-state index contributed by atoms with van der Waals surface area (Å²) >= 11 is 0. The van der Waals surface area contributed by atoms with Gasteiger partial charge in [-0.2, -0.15) is 5.06 Å². The molecular weight excluding hydrogens is 268 g/mol. The lowest BCUT2D eigenvalue weighted by Crippen LogP contribution is -2.46. The normalized spacial score (nSPS) is 35.9. The molecule has 0 bridgehead atoms. The van der Waals surface area contributed by atoms with Crippen LogP contribution in [0.1, 0.15) is 39.5 Å². The van der Waals surface area contributed by atoms with Crippen molar-refractivity contribution in [2.45, 2.75) is 51.2 Å². The maximum absolute atomic E-state index is 11.9. The van der Waals surface area contributed by atoms with E-state index in [0.717, 1.165) is 13.0 Å². The first-order valence-electron chi connectivity index (χ1n) is 7.38. The van der Waals surface area contributed by atoms with Gasteiger partial charge >= 0.3 is 0 Å². The fourth-order valence-electron chi connectivity index (χ4n) is 3.33. The number of primary amides is 1. The van der Waals surface area contributed by atoms with Gasteiger partial charge in [0.25, 0.3) is 0 Å². The standard InChI is InChI=1S/C14H24N2O3.C2H2/c1-4-6-14(5-2)12(13(15)17)8-11-7-10(3)9-16(11)19-18-14;1-2/h4,10-12H,1,5-9H2,2-3H3,(H2,15,17);1-2H. The number of nitrogens with two attached hydrogens (primary N) is 1. The molecule has 0 radical (unpaired) electrons. The third kappa shape index (κ3) is 3.65. The van der Waals surface area contributed by atoms with E-state index >= 15 is 0 Å². The van der Waals surface area contributed by atoms with Crippen molar-refractivity contribution >= 4 is 5.91 Å². The number of terminal acetylenes is 1. The highest BCUT2D eigenvalue weighted by Gasteiger charge is 2.49. The van der Waals surface area contributed by atoms with Crippen LogP contribution in [-0.4, -0.2) is 29.2 Å². The second-order valence-electron chi connectivity index (χ2n) is 5.85. The van der Waals surface area contributed by atoms with E-state index in [1.54, 1.807) is 6.08 Å². The summed E-state index contributed by atoms with van der Waals surface area (Å²) in [6.07, 6.45) is 12.7. The van der Waals surface area contributed by atoms with Gasteiger partial charge in [0.05, 0.1) is 5.92 Å². The van der Waals surface area contributed by atoms with Crippen LogP contribution in [0.4, 0.5) is 0 Å². The Labute approximate surface area is 127 Å². The first-order valence-corrected chi connectivity index (χ1v) is 7.38. The summed E-state index contributed by atoms with van der Waals surface area (Å²) in [5.74, 6) is -0.0971. The zero-order valence-corrected chi connectivity index (χ0v) is 13.0. The number of amides is 1. The number of nitrogens with zero attached hydrogens (tertiary/aromatic N) is 1. The molecule has 0 spiro atoms. The summed E-state index contributed by atoms with van der Waals surface area (Å²) in [7, 11) is 0. The maximum Gasteiger partial charge on any atom is 0.223 e. The number of rotatable bonds is 4. The van der Waals surface area contributed by atoms with Gasteiger partial charge in [-0.3, -0.25) is 4.79 Å². The van der Waals surface area contributed by atoms with Gasteiger partial charge in [0.2, 0.25) is 5.91 Å². The molecule has 1 amide bonds. The highest BCUT2D eigenvalue weighted by atomic mass is 17.3. The van der Waals surface area contributed by atoms with Crippen molar-refractivity contribution in [1.29, 1.82) is 0 Å².